The first kappa shape index (κ1) is 21.6. The van der Waals surface area contributed by atoms with Crippen LogP contribution >= 0.6 is 0 Å². The maximum Gasteiger partial charge on any atom is 0.274 e. The zero-order valence-corrected chi connectivity index (χ0v) is 18.3. The maximum absolute atomic E-state index is 12.8. The Morgan fingerprint density at radius 2 is 1.97 bits per heavy atom. The summed E-state index contributed by atoms with van der Waals surface area (Å²) in [5.74, 6) is 0.423. The molecule has 2 amide bonds. The van der Waals surface area contributed by atoms with Crippen LogP contribution < -0.4 is 5.32 Å². The van der Waals surface area contributed by atoms with E-state index in [0.717, 1.165) is 37.8 Å². The van der Waals surface area contributed by atoms with Crippen LogP contribution in [-0.2, 0) is 22.6 Å². The smallest absolute Gasteiger partial charge is 0.274 e. The van der Waals surface area contributed by atoms with Crippen LogP contribution in [0, 0.1) is 5.92 Å². The summed E-state index contributed by atoms with van der Waals surface area (Å²) in [5, 5.41) is 7.38. The number of amides is 2. The maximum atomic E-state index is 12.8. The van der Waals surface area contributed by atoms with Crippen LogP contribution in [-0.4, -0.2) is 51.8 Å². The molecule has 2 saturated heterocycles. The first-order chi connectivity index (χ1) is 15.1. The minimum Gasteiger partial charge on any atom is -0.375 e. The summed E-state index contributed by atoms with van der Waals surface area (Å²) >= 11 is 0. The van der Waals surface area contributed by atoms with E-state index in [0.29, 0.717) is 44.3 Å². The molecule has 4 rings (SSSR count). The highest BCUT2D eigenvalue weighted by atomic mass is 16.5. The number of nitrogens with zero attached hydrogens (tertiary/aromatic N) is 3. The number of hydrogen-bond donors (Lipinski definition) is 1. The normalized spacial score (nSPS) is 20.5. The van der Waals surface area contributed by atoms with Crippen molar-refractivity contribution < 1.29 is 14.3 Å². The molecule has 7 heteroatoms. The summed E-state index contributed by atoms with van der Waals surface area (Å²) in [5.41, 5.74) is 1.41. The van der Waals surface area contributed by atoms with Crippen LogP contribution in [0.15, 0.2) is 42.6 Å². The first-order valence-corrected chi connectivity index (χ1v) is 11.3. The van der Waals surface area contributed by atoms with Crippen LogP contribution in [0.1, 0.15) is 55.1 Å². The molecule has 2 aliphatic rings. The molecule has 2 fully saturated rings. The van der Waals surface area contributed by atoms with E-state index in [9.17, 15) is 9.59 Å². The van der Waals surface area contributed by atoms with Gasteiger partial charge in [-0.05, 0) is 50.2 Å². The predicted molar refractivity (Wildman–Crippen MR) is 117 cm³/mol. The number of rotatable bonds is 6. The largest absolute Gasteiger partial charge is 0.375 e. The molecule has 7 nitrogen and oxygen atoms in total. The molecule has 0 radical (unpaired) electrons. The van der Waals surface area contributed by atoms with E-state index in [1.165, 1.54) is 0 Å². The lowest BCUT2D eigenvalue weighted by Crippen LogP contribution is -2.51. The van der Waals surface area contributed by atoms with Crippen molar-refractivity contribution >= 4 is 11.8 Å². The standard InChI is InChI=1S/C24H32N4O3/c1-2-28-12-8-21(26-28)23(30)27-13-10-24(11-14-27)17-20(9-15-31-24)16-22(29)25-18-19-6-4-3-5-7-19/h3-8,12,20H,2,9-11,13-18H2,1H3,(H,25,29). The molecule has 1 atom stereocenters. The molecule has 1 unspecified atom stereocenters. The molecule has 2 aliphatic heterocycles. The molecule has 166 valence electrons. The van der Waals surface area contributed by atoms with Crippen molar-refractivity contribution in [3.63, 3.8) is 0 Å². The second-order valence-corrected chi connectivity index (χ2v) is 8.71. The fourth-order valence-corrected chi connectivity index (χ4v) is 4.71. The van der Waals surface area contributed by atoms with Gasteiger partial charge in [-0.1, -0.05) is 30.3 Å². The molecule has 0 aliphatic carbocycles. The number of piperidine rings is 1. The van der Waals surface area contributed by atoms with Gasteiger partial charge in [0.05, 0.1) is 5.60 Å². The van der Waals surface area contributed by atoms with Gasteiger partial charge < -0.3 is 15.0 Å². The van der Waals surface area contributed by atoms with Gasteiger partial charge in [0.15, 0.2) is 0 Å². The zero-order chi connectivity index (χ0) is 21.7. The minimum absolute atomic E-state index is 0.00491. The summed E-state index contributed by atoms with van der Waals surface area (Å²) in [6.45, 7) is 5.36. The average molecular weight is 425 g/mol. The SMILES string of the molecule is CCn1ccc(C(=O)N2CCC3(CC2)CC(CC(=O)NCc2ccccc2)CCO3)n1. The third-order valence-corrected chi connectivity index (χ3v) is 6.55. The van der Waals surface area contributed by atoms with Crippen LogP contribution in [0.3, 0.4) is 0 Å². The average Bonchev–Trinajstić information content (AvgIpc) is 3.28. The van der Waals surface area contributed by atoms with E-state index in [2.05, 4.69) is 10.4 Å². The number of likely N-dealkylation sites (tertiary alicyclic amines) is 1. The lowest BCUT2D eigenvalue weighted by Gasteiger charge is -2.46. The monoisotopic (exact) mass is 424 g/mol. The Hall–Kier alpha value is -2.67. The Morgan fingerprint density at radius 3 is 2.68 bits per heavy atom. The topological polar surface area (TPSA) is 76.5 Å². The second-order valence-electron chi connectivity index (χ2n) is 8.71. The fraction of sp³-hybridized carbons (Fsp3) is 0.542. The summed E-state index contributed by atoms with van der Waals surface area (Å²) in [4.78, 5) is 27.1. The highest BCUT2D eigenvalue weighted by molar-refractivity contribution is 5.92. The predicted octanol–water partition coefficient (Wildman–Crippen LogP) is 3.01. The molecule has 1 aromatic carbocycles. The van der Waals surface area contributed by atoms with Crippen molar-refractivity contribution in [3.8, 4) is 0 Å². The van der Waals surface area contributed by atoms with E-state index < -0.39 is 0 Å². The number of carbonyl (C=O) groups is 2. The number of hydrogen-bond acceptors (Lipinski definition) is 4. The zero-order valence-electron chi connectivity index (χ0n) is 18.3. The Labute approximate surface area is 183 Å². The van der Waals surface area contributed by atoms with Crippen LogP contribution in [0.25, 0.3) is 0 Å². The molecule has 1 N–H and O–H groups in total. The van der Waals surface area contributed by atoms with Gasteiger partial charge in [-0.15, -0.1) is 0 Å². The van der Waals surface area contributed by atoms with Gasteiger partial charge >= 0.3 is 0 Å². The number of aryl methyl sites for hydroxylation is 1. The third-order valence-electron chi connectivity index (χ3n) is 6.55. The lowest BCUT2D eigenvalue weighted by molar-refractivity contribution is -0.134. The number of nitrogens with one attached hydrogen (secondary N) is 1. The van der Waals surface area contributed by atoms with Gasteiger partial charge in [0.25, 0.3) is 5.91 Å². The first-order valence-electron chi connectivity index (χ1n) is 11.3. The van der Waals surface area contributed by atoms with Crippen molar-refractivity contribution in [2.24, 2.45) is 5.92 Å². The van der Waals surface area contributed by atoms with E-state index in [1.54, 1.807) is 10.7 Å². The molecule has 1 aromatic heterocycles. The minimum atomic E-state index is -0.206. The van der Waals surface area contributed by atoms with Crippen LogP contribution in [0.2, 0.25) is 0 Å². The summed E-state index contributed by atoms with van der Waals surface area (Å²) in [6.07, 6.45) is 5.81. The molecule has 0 bridgehead atoms. The molecule has 2 aromatic rings. The van der Waals surface area contributed by atoms with Crippen molar-refractivity contribution in [2.75, 3.05) is 19.7 Å². The number of ether oxygens (including phenoxy) is 1. The van der Waals surface area contributed by atoms with E-state index in [1.807, 2.05) is 48.4 Å². The van der Waals surface area contributed by atoms with Gasteiger partial charge in [0.2, 0.25) is 5.91 Å². The van der Waals surface area contributed by atoms with E-state index >= 15 is 0 Å². The summed E-state index contributed by atoms with van der Waals surface area (Å²) < 4.78 is 7.99. The van der Waals surface area contributed by atoms with Gasteiger partial charge in [0.1, 0.15) is 5.69 Å². The van der Waals surface area contributed by atoms with Crippen molar-refractivity contribution in [3.05, 3.63) is 53.9 Å². The second kappa shape index (κ2) is 9.64. The highest BCUT2D eigenvalue weighted by Gasteiger charge is 2.41. The van der Waals surface area contributed by atoms with Crippen LogP contribution in [0.5, 0.6) is 0 Å². The molecular formula is C24H32N4O3. The summed E-state index contributed by atoms with van der Waals surface area (Å²) in [6, 6.07) is 11.8. The van der Waals surface area contributed by atoms with Crippen molar-refractivity contribution in [1.29, 1.82) is 0 Å². The number of carbonyl (C=O) groups excluding carboxylic acids is 2. The fourth-order valence-electron chi connectivity index (χ4n) is 4.71. The number of benzene rings is 1. The van der Waals surface area contributed by atoms with Crippen molar-refractivity contribution in [2.45, 2.75) is 57.7 Å². The Balaban J connectivity index is 1.26. The number of aromatic nitrogens is 2. The van der Waals surface area contributed by atoms with E-state index in [-0.39, 0.29) is 17.4 Å². The van der Waals surface area contributed by atoms with Gasteiger partial charge in [0, 0.05) is 45.4 Å². The Kier molecular flexibility index (Phi) is 6.70. The molecular weight excluding hydrogens is 392 g/mol. The molecule has 1 spiro atoms. The van der Waals surface area contributed by atoms with Gasteiger partial charge in [-0.2, -0.15) is 5.10 Å². The third kappa shape index (κ3) is 5.34. The molecule has 31 heavy (non-hydrogen) atoms. The van der Waals surface area contributed by atoms with Crippen molar-refractivity contribution in [1.82, 2.24) is 20.0 Å². The summed E-state index contributed by atoms with van der Waals surface area (Å²) in [7, 11) is 0. The van der Waals surface area contributed by atoms with Gasteiger partial charge in [-0.3, -0.25) is 14.3 Å². The highest BCUT2D eigenvalue weighted by Crippen LogP contribution is 2.39. The van der Waals surface area contributed by atoms with E-state index in [4.69, 9.17) is 4.74 Å². The lowest BCUT2D eigenvalue weighted by atomic mass is 9.78. The van der Waals surface area contributed by atoms with Gasteiger partial charge in [-0.25, -0.2) is 0 Å². The van der Waals surface area contributed by atoms with Crippen LogP contribution in [0.4, 0.5) is 0 Å². The molecule has 3 heterocycles. The Bertz CT molecular complexity index is 887. The Morgan fingerprint density at radius 1 is 1.19 bits per heavy atom. The molecule has 0 saturated carbocycles. The quantitative estimate of drug-likeness (QED) is 0.773.